The zero-order valence-electron chi connectivity index (χ0n) is 9.83. The number of thiophene rings is 1. The molecule has 2 nitrogen and oxygen atoms in total. The molecule has 0 amide bonds. The van der Waals surface area contributed by atoms with Gasteiger partial charge in [0, 0.05) is 24.5 Å². The van der Waals surface area contributed by atoms with Crippen LogP contribution in [0.3, 0.4) is 0 Å². The van der Waals surface area contributed by atoms with E-state index in [1.165, 1.54) is 24.3 Å². The highest BCUT2D eigenvalue weighted by molar-refractivity contribution is 7.09. The van der Waals surface area contributed by atoms with Gasteiger partial charge in [0.1, 0.15) is 0 Å². The van der Waals surface area contributed by atoms with E-state index in [4.69, 9.17) is 0 Å². The van der Waals surface area contributed by atoms with Crippen LogP contribution in [0, 0.1) is 0 Å². The molecule has 0 aliphatic carbocycles. The van der Waals surface area contributed by atoms with Crippen LogP contribution >= 0.6 is 11.3 Å². The molecule has 0 atom stereocenters. The van der Waals surface area contributed by atoms with Crippen molar-refractivity contribution in [2.24, 2.45) is 0 Å². The van der Waals surface area contributed by atoms with Crippen LogP contribution < -0.4 is 5.32 Å². The number of hydrogen-bond donors (Lipinski definition) is 1. The van der Waals surface area contributed by atoms with Crippen molar-refractivity contribution in [2.75, 3.05) is 26.7 Å². The maximum Gasteiger partial charge on any atom is 0.0300 e. The van der Waals surface area contributed by atoms with Crippen LogP contribution in [0.25, 0.3) is 0 Å². The van der Waals surface area contributed by atoms with E-state index in [0.717, 1.165) is 19.6 Å². The molecule has 1 heterocycles. The van der Waals surface area contributed by atoms with Gasteiger partial charge >= 0.3 is 0 Å². The molecule has 0 aliphatic heterocycles. The summed E-state index contributed by atoms with van der Waals surface area (Å²) in [5, 5.41) is 5.59. The zero-order chi connectivity index (χ0) is 10.9. The molecule has 0 radical (unpaired) electrons. The van der Waals surface area contributed by atoms with E-state index in [-0.39, 0.29) is 0 Å². The van der Waals surface area contributed by atoms with Crippen LogP contribution in [-0.4, -0.2) is 31.6 Å². The lowest BCUT2D eigenvalue weighted by atomic mass is 10.3. The van der Waals surface area contributed by atoms with Crippen molar-refractivity contribution in [2.45, 2.75) is 26.3 Å². The van der Waals surface area contributed by atoms with E-state index in [1.54, 1.807) is 0 Å². The fraction of sp³-hybridized carbons (Fsp3) is 0.667. The molecule has 0 saturated carbocycles. The standard InChI is InChI=1S/C12H22N2S/c1-3-4-8-14(2)9-7-13-11-12-6-5-10-15-12/h5-6,10,13H,3-4,7-9,11H2,1-2H3. The molecule has 1 aromatic rings. The summed E-state index contributed by atoms with van der Waals surface area (Å²) in [6, 6.07) is 4.29. The number of nitrogens with zero attached hydrogens (tertiary/aromatic N) is 1. The molecule has 1 N–H and O–H groups in total. The van der Waals surface area contributed by atoms with Crippen molar-refractivity contribution in [1.82, 2.24) is 10.2 Å². The SMILES string of the molecule is CCCCN(C)CCNCc1cccs1. The number of rotatable bonds is 8. The maximum atomic E-state index is 3.46. The first kappa shape index (κ1) is 12.7. The van der Waals surface area contributed by atoms with Gasteiger partial charge in [-0.15, -0.1) is 11.3 Å². The van der Waals surface area contributed by atoms with E-state index >= 15 is 0 Å². The van der Waals surface area contributed by atoms with Crippen LogP contribution in [0.5, 0.6) is 0 Å². The summed E-state index contributed by atoms with van der Waals surface area (Å²) >= 11 is 1.82. The summed E-state index contributed by atoms with van der Waals surface area (Å²) in [6.45, 7) is 6.70. The minimum absolute atomic E-state index is 1.01. The maximum absolute atomic E-state index is 3.46. The molecule has 0 aromatic carbocycles. The lowest BCUT2D eigenvalue weighted by Gasteiger charge is -2.15. The first-order chi connectivity index (χ1) is 7.33. The van der Waals surface area contributed by atoms with Gasteiger partial charge < -0.3 is 10.2 Å². The van der Waals surface area contributed by atoms with Gasteiger partial charge in [-0.2, -0.15) is 0 Å². The molecule has 1 aromatic heterocycles. The Hall–Kier alpha value is -0.380. The van der Waals surface area contributed by atoms with Crippen LogP contribution in [0.4, 0.5) is 0 Å². The fourth-order valence-corrected chi connectivity index (χ4v) is 2.11. The topological polar surface area (TPSA) is 15.3 Å². The Kier molecular flexibility index (Phi) is 6.64. The first-order valence-electron chi connectivity index (χ1n) is 5.74. The summed E-state index contributed by atoms with van der Waals surface area (Å²) in [5.41, 5.74) is 0. The smallest absolute Gasteiger partial charge is 0.0300 e. The second kappa shape index (κ2) is 7.85. The van der Waals surface area contributed by atoms with Crippen LogP contribution in [-0.2, 0) is 6.54 Å². The summed E-state index contributed by atoms with van der Waals surface area (Å²) in [7, 11) is 2.20. The molecule has 0 unspecified atom stereocenters. The second-order valence-electron chi connectivity index (χ2n) is 3.91. The van der Waals surface area contributed by atoms with Gasteiger partial charge in [0.25, 0.3) is 0 Å². The minimum atomic E-state index is 1.01. The summed E-state index contributed by atoms with van der Waals surface area (Å²) < 4.78 is 0. The third-order valence-corrected chi connectivity index (χ3v) is 3.32. The fourth-order valence-electron chi connectivity index (χ4n) is 1.43. The minimum Gasteiger partial charge on any atom is -0.311 e. The largest absolute Gasteiger partial charge is 0.311 e. The van der Waals surface area contributed by atoms with Gasteiger partial charge in [0.05, 0.1) is 0 Å². The highest BCUT2D eigenvalue weighted by Crippen LogP contribution is 2.06. The Labute approximate surface area is 97.3 Å². The van der Waals surface area contributed by atoms with Crippen molar-refractivity contribution in [3.05, 3.63) is 22.4 Å². The third-order valence-electron chi connectivity index (χ3n) is 2.44. The second-order valence-corrected chi connectivity index (χ2v) is 4.95. The molecule has 86 valence electrons. The van der Waals surface area contributed by atoms with Gasteiger partial charge in [-0.3, -0.25) is 0 Å². The lowest BCUT2D eigenvalue weighted by molar-refractivity contribution is 0.325. The molecule has 0 aliphatic rings. The van der Waals surface area contributed by atoms with Crippen molar-refractivity contribution < 1.29 is 0 Å². The Morgan fingerprint density at radius 3 is 2.93 bits per heavy atom. The Bertz CT molecular complexity index is 234. The van der Waals surface area contributed by atoms with Crippen molar-refractivity contribution in [3.8, 4) is 0 Å². The summed E-state index contributed by atoms with van der Waals surface area (Å²) in [5.74, 6) is 0. The summed E-state index contributed by atoms with van der Waals surface area (Å²) in [4.78, 5) is 3.82. The van der Waals surface area contributed by atoms with Crippen LogP contribution in [0.15, 0.2) is 17.5 Å². The number of nitrogens with one attached hydrogen (secondary N) is 1. The van der Waals surface area contributed by atoms with Crippen molar-refractivity contribution >= 4 is 11.3 Å². The average Bonchev–Trinajstić information content (AvgIpc) is 2.74. The Morgan fingerprint density at radius 1 is 1.40 bits per heavy atom. The predicted molar refractivity (Wildman–Crippen MR) is 68.4 cm³/mol. The lowest BCUT2D eigenvalue weighted by Crippen LogP contribution is -2.29. The van der Waals surface area contributed by atoms with E-state index in [1.807, 2.05) is 11.3 Å². The van der Waals surface area contributed by atoms with Crippen molar-refractivity contribution in [3.63, 3.8) is 0 Å². The van der Waals surface area contributed by atoms with Gasteiger partial charge in [-0.25, -0.2) is 0 Å². The van der Waals surface area contributed by atoms with E-state index < -0.39 is 0 Å². The van der Waals surface area contributed by atoms with E-state index in [9.17, 15) is 0 Å². The molecule has 15 heavy (non-hydrogen) atoms. The molecule has 3 heteroatoms. The highest BCUT2D eigenvalue weighted by Gasteiger charge is 1.97. The third kappa shape index (κ3) is 5.92. The molecule has 0 saturated heterocycles. The van der Waals surface area contributed by atoms with E-state index in [2.05, 4.69) is 41.7 Å². The van der Waals surface area contributed by atoms with Crippen molar-refractivity contribution in [1.29, 1.82) is 0 Å². The molecule has 1 rings (SSSR count). The quantitative estimate of drug-likeness (QED) is 0.685. The molecule has 0 spiro atoms. The zero-order valence-corrected chi connectivity index (χ0v) is 10.6. The van der Waals surface area contributed by atoms with Gasteiger partial charge in [-0.05, 0) is 31.5 Å². The molecular weight excluding hydrogens is 204 g/mol. The highest BCUT2D eigenvalue weighted by atomic mass is 32.1. The predicted octanol–water partition coefficient (Wildman–Crippen LogP) is 2.57. The Morgan fingerprint density at radius 2 is 2.27 bits per heavy atom. The average molecular weight is 226 g/mol. The number of unbranched alkanes of at least 4 members (excludes halogenated alkanes) is 1. The van der Waals surface area contributed by atoms with Gasteiger partial charge in [0.15, 0.2) is 0 Å². The number of hydrogen-bond acceptors (Lipinski definition) is 3. The van der Waals surface area contributed by atoms with Crippen LogP contribution in [0.1, 0.15) is 24.6 Å². The summed E-state index contributed by atoms with van der Waals surface area (Å²) in [6.07, 6.45) is 2.59. The monoisotopic (exact) mass is 226 g/mol. The van der Waals surface area contributed by atoms with E-state index in [0.29, 0.717) is 0 Å². The normalized spacial score (nSPS) is 11.1. The van der Waals surface area contributed by atoms with Gasteiger partial charge in [-0.1, -0.05) is 19.4 Å². The Balaban J connectivity index is 1.97. The first-order valence-corrected chi connectivity index (χ1v) is 6.62. The number of likely N-dealkylation sites (N-methyl/N-ethyl adjacent to an activating group) is 1. The molecular formula is C12H22N2S. The molecule has 0 bridgehead atoms. The van der Waals surface area contributed by atoms with Crippen LogP contribution in [0.2, 0.25) is 0 Å². The molecule has 0 fully saturated rings. The van der Waals surface area contributed by atoms with Gasteiger partial charge in [0.2, 0.25) is 0 Å².